The van der Waals surface area contributed by atoms with Crippen LogP contribution in [0.25, 0.3) is 0 Å². The maximum atomic E-state index is 12.7. The summed E-state index contributed by atoms with van der Waals surface area (Å²) in [5.41, 5.74) is 2.63. The summed E-state index contributed by atoms with van der Waals surface area (Å²) in [5, 5.41) is 0. The van der Waals surface area contributed by atoms with Crippen molar-refractivity contribution in [3.05, 3.63) is 120 Å². The standard InChI is InChI=1S/C61H91NO6/c1-62(2)51-33-42-59(65)68-56(38-25-11-7-3-5-9-15-29-43-60(47-48-60)45-31-17-13-27-40-57(63)66-52-54-34-21-19-22-35-54)39-26-12-8-4-6-10-16-30-44-61(49-50-61)46-32-18-14-28-41-58(64)67-53-55-36-23-20-24-37-55/h19-24,29-32,34-37,43-46,56H,3-18,25-28,33,38-42,47-53H2,1-2H3/b43-29-,44-30-,45-31-,46-32-. The summed E-state index contributed by atoms with van der Waals surface area (Å²) in [6, 6.07) is 19.7. The minimum atomic E-state index is -0.106. The number of unbranched alkanes of at least 4 members (excludes halogenated alkanes) is 16. The van der Waals surface area contributed by atoms with Crippen LogP contribution in [-0.2, 0) is 41.8 Å². The Morgan fingerprint density at radius 3 is 1.21 bits per heavy atom. The molecule has 0 amide bonds. The zero-order valence-corrected chi connectivity index (χ0v) is 42.7. The zero-order chi connectivity index (χ0) is 48.2. The highest BCUT2D eigenvalue weighted by Crippen LogP contribution is 2.49. The van der Waals surface area contributed by atoms with Gasteiger partial charge < -0.3 is 19.1 Å². The van der Waals surface area contributed by atoms with Crippen molar-refractivity contribution in [2.75, 3.05) is 20.6 Å². The Morgan fingerprint density at radius 2 is 0.824 bits per heavy atom. The van der Waals surface area contributed by atoms with E-state index in [-0.39, 0.29) is 34.8 Å². The van der Waals surface area contributed by atoms with E-state index < -0.39 is 0 Å². The zero-order valence-electron chi connectivity index (χ0n) is 42.7. The monoisotopic (exact) mass is 934 g/mol. The second-order valence-electron chi connectivity index (χ2n) is 20.3. The highest BCUT2D eigenvalue weighted by Gasteiger charge is 2.37. The van der Waals surface area contributed by atoms with E-state index in [1.807, 2.05) is 60.7 Å². The lowest BCUT2D eigenvalue weighted by molar-refractivity contribution is -0.150. The number of ether oxygens (including phenoxy) is 3. The van der Waals surface area contributed by atoms with E-state index in [9.17, 15) is 14.4 Å². The van der Waals surface area contributed by atoms with Gasteiger partial charge in [-0.2, -0.15) is 0 Å². The molecule has 4 rings (SSSR count). The van der Waals surface area contributed by atoms with Gasteiger partial charge in [-0.3, -0.25) is 14.4 Å². The van der Waals surface area contributed by atoms with Crippen LogP contribution in [0.3, 0.4) is 0 Å². The number of hydrogen-bond acceptors (Lipinski definition) is 7. The van der Waals surface area contributed by atoms with Crippen LogP contribution < -0.4 is 0 Å². The first-order valence-corrected chi connectivity index (χ1v) is 27.2. The summed E-state index contributed by atoms with van der Waals surface area (Å²) in [6.07, 6.45) is 51.5. The summed E-state index contributed by atoms with van der Waals surface area (Å²) < 4.78 is 16.9. The van der Waals surface area contributed by atoms with Gasteiger partial charge in [-0.25, -0.2) is 0 Å². The fourth-order valence-corrected chi connectivity index (χ4v) is 8.75. The van der Waals surface area contributed by atoms with Gasteiger partial charge in [0.05, 0.1) is 0 Å². The summed E-state index contributed by atoms with van der Waals surface area (Å²) in [5.74, 6) is -0.232. The molecule has 0 radical (unpaired) electrons. The van der Waals surface area contributed by atoms with E-state index >= 15 is 0 Å². The molecule has 2 saturated carbocycles. The van der Waals surface area contributed by atoms with Gasteiger partial charge in [0.25, 0.3) is 0 Å². The Labute approximate surface area is 413 Å². The second kappa shape index (κ2) is 35.0. The first kappa shape index (κ1) is 56.4. The van der Waals surface area contributed by atoms with Crippen LogP contribution in [0.15, 0.2) is 109 Å². The Bertz CT molecular complexity index is 1640. The third-order valence-electron chi connectivity index (χ3n) is 13.5. The molecule has 7 nitrogen and oxygen atoms in total. The van der Waals surface area contributed by atoms with Gasteiger partial charge in [0, 0.05) is 30.1 Å². The molecule has 0 saturated heterocycles. The molecule has 0 spiro atoms. The molecule has 0 N–H and O–H groups in total. The van der Waals surface area contributed by atoms with Crippen molar-refractivity contribution >= 4 is 17.9 Å². The normalized spacial score (nSPS) is 15.1. The van der Waals surface area contributed by atoms with Crippen molar-refractivity contribution in [1.82, 2.24) is 4.90 Å². The molecule has 2 aromatic rings. The minimum Gasteiger partial charge on any atom is -0.462 e. The lowest BCUT2D eigenvalue weighted by Gasteiger charge is -2.18. The maximum absolute atomic E-state index is 12.7. The topological polar surface area (TPSA) is 82.1 Å². The number of benzene rings is 2. The molecule has 2 aliphatic carbocycles. The Morgan fingerprint density at radius 1 is 0.471 bits per heavy atom. The first-order chi connectivity index (χ1) is 33.2. The van der Waals surface area contributed by atoms with Crippen molar-refractivity contribution < 1.29 is 28.6 Å². The molecule has 68 heavy (non-hydrogen) atoms. The highest BCUT2D eigenvalue weighted by atomic mass is 16.5. The van der Waals surface area contributed by atoms with E-state index in [1.54, 1.807) is 0 Å². The molecule has 0 unspecified atom stereocenters. The van der Waals surface area contributed by atoms with Crippen LogP contribution in [-0.4, -0.2) is 49.6 Å². The molecule has 2 aliphatic rings. The van der Waals surface area contributed by atoms with Gasteiger partial charge in [-0.05, 0) is 154 Å². The van der Waals surface area contributed by atoms with Crippen molar-refractivity contribution in [2.24, 2.45) is 10.8 Å². The number of allylic oxidation sites excluding steroid dienone is 8. The molecule has 0 heterocycles. The number of rotatable bonds is 41. The molecule has 2 aromatic carbocycles. The van der Waals surface area contributed by atoms with Crippen LogP contribution >= 0.6 is 0 Å². The number of carbonyl (C=O) groups is 3. The molecule has 0 bridgehead atoms. The predicted octanol–water partition coefficient (Wildman–Crippen LogP) is 15.9. The van der Waals surface area contributed by atoms with Crippen molar-refractivity contribution in [3.8, 4) is 0 Å². The molecule has 0 atom stereocenters. The Balaban J connectivity index is 0.965. The lowest BCUT2D eigenvalue weighted by Crippen LogP contribution is -2.20. The van der Waals surface area contributed by atoms with Crippen LogP contribution in [0.1, 0.15) is 204 Å². The number of carbonyl (C=O) groups excluding carboxylic acids is 3. The lowest BCUT2D eigenvalue weighted by atomic mass is 10.0. The predicted molar refractivity (Wildman–Crippen MR) is 281 cm³/mol. The van der Waals surface area contributed by atoms with Gasteiger partial charge in [0.1, 0.15) is 19.3 Å². The quantitative estimate of drug-likeness (QED) is 0.0284. The average molecular weight is 934 g/mol. The Kier molecular flexibility index (Phi) is 29.0. The number of hydrogen-bond donors (Lipinski definition) is 0. The van der Waals surface area contributed by atoms with Gasteiger partial charge in [-0.1, -0.05) is 161 Å². The van der Waals surface area contributed by atoms with Crippen molar-refractivity contribution in [3.63, 3.8) is 0 Å². The van der Waals surface area contributed by atoms with Crippen LogP contribution in [0, 0.1) is 10.8 Å². The largest absolute Gasteiger partial charge is 0.462 e. The minimum absolute atomic E-state index is 0.0206. The average Bonchev–Trinajstić information content (AvgIpc) is 4.29. The van der Waals surface area contributed by atoms with Crippen LogP contribution in [0.2, 0.25) is 0 Å². The number of nitrogens with zero attached hydrogens (tertiary/aromatic N) is 1. The second-order valence-corrected chi connectivity index (χ2v) is 20.3. The van der Waals surface area contributed by atoms with Crippen molar-refractivity contribution in [1.29, 1.82) is 0 Å². The summed E-state index contributed by atoms with van der Waals surface area (Å²) in [6.45, 7) is 1.63. The van der Waals surface area contributed by atoms with Gasteiger partial charge in [-0.15, -0.1) is 0 Å². The van der Waals surface area contributed by atoms with E-state index in [4.69, 9.17) is 14.2 Å². The molecular formula is C61H91NO6. The molecule has 2 fully saturated rings. The SMILES string of the molecule is CN(C)CCCC(=O)OC(CCCCCCCC/C=C\C1(/C=C\CCCCC(=O)OCc2ccccc2)CC1)CCCCCCCC/C=C\C1(/C=C\CCCCC(=O)OCc2ccccc2)CC1. The summed E-state index contributed by atoms with van der Waals surface area (Å²) in [7, 11) is 4.10. The Hall–Kier alpha value is -4.23. The molecular weight excluding hydrogens is 843 g/mol. The summed E-state index contributed by atoms with van der Waals surface area (Å²) in [4.78, 5) is 39.0. The number of esters is 3. The van der Waals surface area contributed by atoms with E-state index in [0.29, 0.717) is 32.5 Å². The van der Waals surface area contributed by atoms with E-state index in [2.05, 4.69) is 67.6 Å². The fourth-order valence-electron chi connectivity index (χ4n) is 8.75. The van der Waals surface area contributed by atoms with Gasteiger partial charge >= 0.3 is 17.9 Å². The first-order valence-electron chi connectivity index (χ1n) is 27.2. The van der Waals surface area contributed by atoms with Crippen LogP contribution in [0.5, 0.6) is 0 Å². The highest BCUT2D eigenvalue weighted by molar-refractivity contribution is 5.70. The molecule has 0 aromatic heterocycles. The van der Waals surface area contributed by atoms with Gasteiger partial charge in [0.15, 0.2) is 0 Å². The van der Waals surface area contributed by atoms with E-state index in [1.165, 1.54) is 89.9 Å². The molecule has 7 heteroatoms. The smallest absolute Gasteiger partial charge is 0.306 e. The molecule has 376 valence electrons. The molecule has 0 aliphatic heterocycles. The van der Waals surface area contributed by atoms with Crippen LogP contribution in [0.4, 0.5) is 0 Å². The van der Waals surface area contributed by atoms with Crippen molar-refractivity contribution in [2.45, 2.75) is 212 Å². The third-order valence-corrected chi connectivity index (χ3v) is 13.5. The fraction of sp³-hybridized carbons (Fsp3) is 0.623. The maximum Gasteiger partial charge on any atom is 0.306 e. The van der Waals surface area contributed by atoms with Gasteiger partial charge in [0.2, 0.25) is 0 Å². The third kappa shape index (κ3) is 28.3. The summed E-state index contributed by atoms with van der Waals surface area (Å²) >= 11 is 0. The van der Waals surface area contributed by atoms with E-state index in [0.717, 1.165) is 101 Å².